The van der Waals surface area contributed by atoms with Crippen LogP contribution in [0.15, 0.2) is 0 Å². The third kappa shape index (κ3) is 2.73. The minimum atomic E-state index is 0.782. The normalized spacial score (nSPS) is 33.7. The van der Waals surface area contributed by atoms with Gasteiger partial charge in [-0.15, -0.1) is 0 Å². The summed E-state index contributed by atoms with van der Waals surface area (Å²) >= 11 is 0. The highest BCUT2D eigenvalue weighted by Crippen LogP contribution is 2.27. The van der Waals surface area contributed by atoms with E-state index in [1.54, 1.807) is 0 Å². The van der Waals surface area contributed by atoms with Crippen LogP contribution < -0.4 is 5.32 Å². The van der Waals surface area contributed by atoms with Gasteiger partial charge in [0.15, 0.2) is 0 Å². The molecule has 0 aromatic heterocycles. The van der Waals surface area contributed by atoms with Crippen LogP contribution in [0.1, 0.15) is 44.9 Å². The van der Waals surface area contributed by atoms with Gasteiger partial charge < -0.3 is 10.2 Å². The zero-order valence-corrected chi connectivity index (χ0v) is 11.9. The van der Waals surface area contributed by atoms with Gasteiger partial charge in [0, 0.05) is 37.8 Å². The van der Waals surface area contributed by atoms with Crippen molar-refractivity contribution in [3.63, 3.8) is 0 Å². The summed E-state index contributed by atoms with van der Waals surface area (Å²) in [5.74, 6) is 0. The number of rotatable bonds is 5. The van der Waals surface area contributed by atoms with Crippen molar-refractivity contribution in [2.75, 3.05) is 33.2 Å². The van der Waals surface area contributed by atoms with Crippen molar-refractivity contribution in [2.45, 2.75) is 63.1 Å². The molecule has 3 nitrogen and oxygen atoms in total. The summed E-state index contributed by atoms with van der Waals surface area (Å²) in [6.07, 6.45) is 9.97. The molecule has 104 valence electrons. The molecule has 2 heterocycles. The molecule has 2 atom stereocenters. The molecule has 2 aliphatic heterocycles. The molecule has 0 spiro atoms. The standard InChI is InChI=1S/C15H29N3/c1-17(13-5-2-3-6-13)12-9-16-14-8-11-18-10-4-7-15(14)18/h13-16H,2-12H2,1H3. The molecule has 3 rings (SSSR count). The van der Waals surface area contributed by atoms with Gasteiger partial charge in [-0.05, 0) is 45.7 Å². The van der Waals surface area contributed by atoms with Crippen molar-refractivity contribution < 1.29 is 0 Å². The minimum absolute atomic E-state index is 0.782. The predicted octanol–water partition coefficient (Wildman–Crippen LogP) is 1.69. The lowest BCUT2D eigenvalue weighted by Gasteiger charge is -2.26. The van der Waals surface area contributed by atoms with Crippen LogP contribution in [0.2, 0.25) is 0 Å². The molecule has 0 aromatic carbocycles. The van der Waals surface area contributed by atoms with Crippen molar-refractivity contribution in [1.29, 1.82) is 0 Å². The highest BCUT2D eigenvalue weighted by Gasteiger charge is 2.36. The van der Waals surface area contributed by atoms with Crippen molar-refractivity contribution in [3.8, 4) is 0 Å². The maximum Gasteiger partial charge on any atom is 0.0250 e. The van der Waals surface area contributed by atoms with E-state index >= 15 is 0 Å². The van der Waals surface area contributed by atoms with Crippen LogP contribution in [0.3, 0.4) is 0 Å². The van der Waals surface area contributed by atoms with Gasteiger partial charge in [-0.25, -0.2) is 0 Å². The maximum atomic E-state index is 3.82. The smallest absolute Gasteiger partial charge is 0.0250 e. The molecule has 1 aliphatic carbocycles. The van der Waals surface area contributed by atoms with Gasteiger partial charge in [-0.1, -0.05) is 12.8 Å². The zero-order valence-electron chi connectivity index (χ0n) is 11.9. The average Bonchev–Trinajstić information content (AvgIpc) is 3.07. The molecule has 1 N–H and O–H groups in total. The highest BCUT2D eigenvalue weighted by molar-refractivity contribution is 4.95. The van der Waals surface area contributed by atoms with Gasteiger partial charge in [-0.2, -0.15) is 0 Å². The number of nitrogens with zero attached hydrogens (tertiary/aromatic N) is 2. The summed E-state index contributed by atoms with van der Waals surface area (Å²) in [6.45, 7) is 5.10. The first-order chi connectivity index (χ1) is 8.84. The molecule has 3 fully saturated rings. The lowest BCUT2D eigenvalue weighted by atomic mass is 10.1. The van der Waals surface area contributed by atoms with Crippen molar-refractivity contribution in [1.82, 2.24) is 15.1 Å². The molecule has 0 aromatic rings. The molecular weight excluding hydrogens is 222 g/mol. The Balaban J connectivity index is 1.36. The fourth-order valence-electron chi connectivity index (χ4n) is 4.27. The fraction of sp³-hybridized carbons (Fsp3) is 1.00. The van der Waals surface area contributed by atoms with Gasteiger partial charge in [0.2, 0.25) is 0 Å². The third-order valence-corrected chi connectivity index (χ3v) is 5.43. The van der Waals surface area contributed by atoms with Crippen LogP contribution in [-0.4, -0.2) is 61.2 Å². The Morgan fingerprint density at radius 2 is 1.89 bits per heavy atom. The number of hydrogen-bond acceptors (Lipinski definition) is 3. The second-order valence-electron chi connectivity index (χ2n) is 6.51. The van der Waals surface area contributed by atoms with E-state index in [0.29, 0.717) is 0 Å². The quantitative estimate of drug-likeness (QED) is 0.802. The van der Waals surface area contributed by atoms with Crippen LogP contribution in [0.5, 0.6) is 0 Å². The molecule has 1 saturated carbocycles. The SMILES string of the molecule is CN(CCNC1CCN2CCCC12)C1CCCC1. The summed E-state index contributed by atoms with van der Waals surface area (Å²) in [5.41, 5.74) is 0. The monoisotopic (exact) mass is 251 g/mol. The molecule has 3 heteroatoms. The first-order valence-electron chi connectivity index (χ1n) is 8.02. The van der Waals surface area contributed by atoms with E-state index in [0.717, 1.165) is 18.1 Å². The molecule has 0 bridgehead atoms. The lowest BCUT2D eigenvalue weighted by Crippen LogP contribution is -2.43. The summed E-state index contributed by atoms with van der Waals surface area (Å²) in [4.78, 5) is 5.28. The van der Waals surface area contributed by atoms with Crippen molar-refractivity contribution in [3.05, 3.63) is 0 Å². The van der Waals surface area contributed by atoms with Gasteiger partial charge in [0.1, 0.15) is 0 Å². The number of fused-ring (bicyclic) bond motifs is 1. The third-order valence-electron chi connectivity index (χ3n) is 5.43. The average molecular weight is 251 g/mol. The van der Waals surface area contributed by atoms with Gasteiger partial charge >= 0.3 is 0 Å². The van der Waals surface area contributed by atoms with Gasteiger partial charge in [0.25, 0.3) is 0 Å². The number of nitrogens with one attached hydrogen (secondary N) is 1. The molecule has 2 saturated heterocycles. The van der Waals surface area contributed by atoms with Crippen molar-refractivity contribution in [2.24, 2.45) is 0 Å². The van der Waals surface area contributed by atoms with E-state index in [2.05, 4.69) is 22.2 Å². The fourth-order valence-corrected chi connectivity index (χ4v) is 4.27. The second-order valence-corrected chi connectivity index (χ2v) is 6.51. The Morgan fingerprint density at radius 1 is 1.06 bits per heavy atom. The largest absolute Gasteiger partial charge is 0.311 e. The Kier molecular flexibility index (Phi) is 4.22. The van der Waals surface area contributed by atoms with Crippen LogP contribution in [0.25, 0.3) is 0 Å². The van der Waals surface area contributed by atoms with E-state index < -0.39 is 0 Å². The molecule has 0 radical (unpaired) electrons. The Morgan fingerprint density at radius 3 is 2.72 bits per heavy atom. The van der Waals surface area contributed by atoms with E-state index in [9.17, 15) is 0 Å². The summed E-state index contributed by atoms with van der Waals surface area (Å²) in [7, 11) is 2.31. The first kappa shape index (κ1) is 12.9. The minimum Gasteiger partial charge on any atom is -0.311 e. The molecule has 0 amide bonds. The lowest BCUT2D eigenvalue weighted by molar-refractivity contribution is 0.236. The predicted molar refractivity (Wildman–Crippen MR) is 75.9 cm³/mol. The topological polar surface area (TPSA) is 18.5 Å². The van der Waals surface area contributed by atoms with Gasteiger partial charge in [-0.3, -0.25) is 4.90 Å². The number of hydrogen-bond donors (Lipinski definition) is 1. The van der Waals surface area contributed by atoms with Crippen LogP contribution in [-0.2, 0) is 0 Å². The van der Waals surface area contributed by atoms with Crippen molar-refractivity contribution >= 4 is 0 Å². The van der Waals surface area contributed by atoms with Crippen LogP contribution in [0, 0.1) is 0 Å². The Hall–Kier alpha value is -0.120. The second kappa shape index (κ2) is 5.89. The molecule has 3 aliphatic rings. The Bertz CT molecular complexity index is 262. The first-order valence-corrected chi connectivity index (χ1v) is 8.02. The molecular formula is C15H29N3. The van der Waals surface area contributed by atoms with E-state index in [1.165, 1.54) is 71.1 Å². The van der Waals surface area contributed by atoms with E-state index in [1.807, 2.05) is 0 Å². The Labute approximate surface area is 112 Å². The maximum absolute atomic E-state index is 3.82. The highest BCUT2D eigenvalue weighted by atomic mass is 15.2. The summed E-state index contributed by atoms with van der Waals surface area (Å²) in [6, 6.07) is 2.52. The molecule has 2 unspecified atom stereocenters. The summed E-state index contributed by atoms with van der Waals surface area (Å²) in [5, 5.41) is 3.82. The van der Waals surface area contributed by atoms with E-state index in [-0.39, 0.29) is 0 Å². The van der Waals surface area contributed by atoms with Gasteiger partial charge in [0.05, 0.1) is 0 Å². The van der Waals surface area contributed by atoms with Crippen LogP contribution >= 0.6 is 0 Å². The summed E-state index contributed by atoms with van der Waals surface area (Å²) < 4.78 is 0. The zero-order chi connectivity index (χ0) is 12.4. The number of likely N-dealkylation sites (N-methyl/N-ethyl adjacent to an activating group) is 1. The van der Waals surface area contributed by atoms with E-state index in [4.69, 9.17) is 0 Å². The molecule has 18 heavy (non-hydrogen) atoms. The van der Waals surface area contributed by atoms with Crippen LogP contribution in [0.4, 0.5) is 0 Å².